The molecule has 0 bridgehead atoms. The SMILES string of the molecule is CCCCc1ccc(NC(=O)CCCN(C)S(=O)(=O)c2ccccc2)cc1. The van der Waals surface area contributed by atoms with Crippen molar-refractivity contribution in [2.24, 2.45) is 0 Å². The first-order valence-electron chi connectivity index (χ1n) is 9.33. The molecule has 0 aliphatic heterocycles. The molecule has 0 radical (unpaired) electrons. The van der Waals surface area contributed by atoms with Gasteiger partial charge in [-0.2, -0.15) is 0 Å². The summed E-state index contributed by atoms with van der Waals surface area (Å²) in [4.78, 5) is 12.4. The van der Waals surface area contributed by atoms with Crippen LogP contribution in [-0.2, 0) is 21.2 Å². The Labute approximate surface area is 162 Å². The first-order valence-corrected chi connectivity index (χ1v) is 10.8. The van der Waals surface area contributed by atoms with E-state index < -0.39 is 10.0 Å². The molecule has 2 aromatic carbocycles. The van der Waals surface area contributed by atoms with Gasteiger partial charge in [0.2, 0.25) is 15.9 Å². The zero-order valence-corrected chi connectivity index (χ0v) is 16.8. The topological polar surface area (TPSA) is 66.5 Å². The molecule has 0 atom stereocenters. The number of hydrogen-bond donors (Lipinski definition) is 1. The van der Waals surface area contributed by atoms with Gasteiger partial charge in [0.15, 0.2) is 0 Å². The van der Waals surface area contributed by atoms with E-state index in [2.05, 4.69) is 12.2 Å². The highest BCUT2D eigenvalue weighted by molar-refractivity contribution is 7.89. The third kappa shape index (κ3) is 6.48. The summed E-state index contributed by atoms with van der Waals surface area (Å²) in [5.74, 6) is -0.109. The van der Waals surface area contributed by atoms with Gasteiger partial charge < -0.3 is 5.32 Å². The van der Waals surface area contributed by atoms with E-state index in [9.17, 15) is 13.2 Å². The van der Waals surface area contributed by atoms with Gasteiger partial charge in [-0.1, -0.05) is 43.7 Å². The third-order valence-corrected chi connectivity index (χ3v) is 6.26. The van der Waals surface area contributed by atoms with Gasteiger partial charge in [-0.25, -0.2) is 12.7 Å². The average Bonchev–Trinajstić information content (AvgIpc) is 2.68. The van der Waals surface area contributed by atoms with Gasteiger partial charge in [-0.05, 0) is 49.1 Å². The van der Waals surface area contributed by atoms with Crippen LogP contribution in [0.25, 0.3) is 0 Å². The van der Waals surface area contributed by atoms with Crippen molar-refractivity contribution in [1.29, 1.82) is 0 Å². The Morgan fingerprint density at radius 2 is 1.67 bits per heavy atom. The Kier molecular flexibility index (Phi) is 8.00. The van der Waals surface area contributed by atoms with Crippen molar-refractivity contribution in [3.05, 3.63) is 60.2 Å². The summed E-state index contributed by atoms with van der Waals surface area (Å²) in [6.07, 6.45) is 4.10. The van der Waals surface area contributed by atoms with Crippen LogP contribution in [0.4, 0.5) is 5.69 Å². The minimum atomic E-state index is -3.51. The van der Waals surface area contributed by atoms with E-state index in [1.165, 1.54) is 16.9 Å². The molecule has 0 saturated heterocycles. The molecule has 0 aliphatic carbocycles. The van der Waals surface area contributed by atoms with Gasteiger partial charge in [0.05, 0.1) is 4.90 Å². The lowest BCUT2D eigenvalue weighted by Gasteiger charge is -2.17. The molecule has 0 fully saturated rings. The van der Waals surface area contributed by atoms with E-state index in [4.69, 9.17) is 0 Å². The predicted octanol–water partition coefficient (Wildman–Crippen LogP) is 4.07. The Morgan fingerprint density at radius 1 is 1.00 bits per heavy atom. The lowest BCUT2D eigenvalue weighted by atomic mass is 10.1. The van der Waals surface area contributed by atoms with Crippen LogP contribution in [0.2, 0.25) is 0 Å². The minimum absolute atomic E-state index is 0.109. The predicted molar refractivity (Wildman–Crippen MR) is 109 cm³/mol. The molecular formula is C21H28N2O3S. The number of rotatable bonds is 10. The van der Waals surface area contributed by atoms with Crippen molar-refractivity contribution in [2.45, 2.75) is 43.9 Å². The molecule has 0 aromatic heterocycles. The molecule has 1 N–H and O–H groups in total. The largest absolute Gasteiger partial charge is 0.326 e. The quantitative estimate of drug-likeness (QED) is 0.667. The molecule has 6 heteroatoms. The zero-order chi connectivity index (χ0) is 19.7. The van der Waals surface area contributed by atoms with Crippen molar-refractivity contribution in [1.82, 2.24) is 4.31 Å². The number of benzene rings is 2. The van der Waals surface area contributed by atoms with Gasteiger partial charge in [-0.15, -0.1) is 0 Å². The normalized spacial score (nSPS) is 11.5. The number of unbranched alkanes of at least 4 members (excludes halogenated alkanes) is 1. The molecule has 0 aliphatic rings. The van der Waals surface area contributed by atoms with Crippen LogP contribution in [0, 0.1) is 0 Å². The summed E-state index contributed by atoms with van der Waals surface area (Å²) in [6, 6.07) is 16.2. The lowest BCUT2D eigenvalue weighted by molar-refractivity contribution is -0.116. The van der Waals surface area contributed by atoms with E-state index >= 15 is 0 Å². The number of carbonyl (C=O) groups excluding carboxylic acids is 1. The summed E-state index contributed by atoms with van der Waals surface area (Å²) in [5.41, 5.74) is 2.04. The fraction of sp³-hybridized carbons (Fsp3) is 0.381. The van der Waals surface area contributed by atoms with Gasteiger partial charge in [0, 0.05) is 25.7 Å². The summed E-state index contributed by atoms with van der Waals surface area (Å²) in [5, 5.41) is 2.86. The molecule has 27 heavy (non-hydrogen) atoms. The Hall–Kier alpha value is -2.18. The number of aryl methyl sites for hydroxylation is 1. The van der Waals surface area contributed by atoms with Crippen molar-refractivity contribution < 1.29 is 13.2 Å². The Balaban J connectivity index is 1.78. The number of sulfonamides is 1. The fourth-order valence-electron chi connectivity index (χ4n) is 2.71. The Morgan fingerprint density at radius 3 is 2.30 bits per heavy atom. The molecule has 0 heterocycles. The highest BCUT2D eigenvalue weighted by Gasteiger charge is 2.20. The first-order chi connectivity index (χ1) is 12.9. The van der Waals surface area contributed by atoms with E-state index in [-0.39, 0.29) is 17.2 Å². The summed E-state index contributed by atoms with van der Waals surface area (Å²) in [7, 11) is -1.97. The molecule has 2 aromatic rings. The molecule has 1 amide bonds. The van der Waals surface area contributed by atoms with Gasteiger partial charge in [0.1, 0.15) is 0 Å². The molecule has 0 saturated carbocycles. The Bertz CT molecular complexity index is 818. The number of hydrogen-bond acceptors (Lipinski definition) is 3. The molecule has 146 valence electrons. The van der Waals surface area contributed by atoms with Crippen LogP contribution < -0.4 is 5.32 Å². The standard InChI is InChI=1S/C21H28N2O3S/c1-3-4-9-18-13-15-19(16-14-18)22-21(24)12-8-17-23(2)27(25,26)20-10-6-5-7-11-20/h5-7,10-11,13-16H,3-4,8-9,12,17H2,1-2H3,(H,22,24). The van der Waals surface area contributed by atoms with Crippen molar-refractivity contribution in [3.8, 4) is 0 Å². The number of nitrogens with zero attached hydrogens (tertiary/aromatic N) is 1. The van der Waals surface area contributed by atoms with Crippen molar-refractivity contribution in [2.75, 3.05) is 18.9 Å². The van der Waals surface area contributed by atoms with Gasteiger partial charge in [0.25, 0.3) is 0 Å². The average molecular weight is 389 g/mol. The van der Waals surface area contributed by atoms with Crippen LogP contribution >= 0.6 is 0 Å². The van der Waals surface area contributed by atoms with Crippen LogP contribution in [0.3, 0.4) is 0 Å². The molecule has 5 nitrogen and oxygen atoms in total. The smallest absolute Gasteiger partial charge is 0.242 e. The number of anilines is 1. The van der Waals surface area contributed by atoms with Crippen LogP contribution in [-0.4, -0.2) is 32.2 Å². The second-order valence-electron chi connectivity index (χ2n) is 6.59. The monoisotopic (exact) mass is 388 g/mol. The molecule has 2 rings (SSSR count). The van der Waals surface area contributed by atoms with E-state index in [0.717, 1.165) is 24.9 Å². The van der Waals surface area contributed by atoms with Gasteiger partial charge >= 0.3 is 0 Å². The number of carbonyl (C=O) groups is 1. The third-order valence-electron chi connectivity index (χ3n) is 4.38. The second kappa shape index (κ2) is 10.2. The van der Waals surface area contributed by atoms with Crippen LogP contribution in [0.1, 0.15) is 38.2 Å². The summed E-state index contributed by atoms with van der Waals surface area (Å²) >= 11 is 0. The van der Waals surface area contributed by atoms with Crippen molar-refractivity contribution in [3.63, 3.8) is 0 Å². The highest BCUT2D eigenvalue weighted by atomic mass is 32.2. The molecular weight excluding hydrogens is 360 g/mol. The zero-order valence-electron chi connectivity index (χ0n) is 16.0. The second-order valence-corrected chi connectivity index (χ2v) is 8.64. The van der Waals surface area contributed by atoms with Crippen LogP contribution in [0.15, 0.2) is 59.5 Å². The highest BCUT2D eigenvalue weighted by Crippen LogP contribution is 2.15. The molecule has 0 spiro atoms. The maximum absolute atomic E-state index is 12.4. The van der Waals surface area contributed by atoms with E-state index in [1.54, 1.807) is 30.3 Å². The van der Waals surface area contributed by atoms with E-state index in [0.29, 0.717) is 13.0 Å². The number of nitrogens with one attached hydrogen (secondary N) is 1. The summed E-state index contributed by atoms with van der Waals surface area (Å²) in [6.45, 7) is 2.46. The maximum atomic E-state index is 12.4. The molecule has 0 unspecified atom stereocenters. The summed E-state index contributed by atoms with van der Waals surface area (Å²) < 4.78 is 26.2. The minimum Gasteiger partial charge on any atom is -0.326 e. The fourth-order valence-corrected chi connectivity index (χ4v) is 3.94. The lowest BCUT2D eigenvalue weighted by Crippen LogP contribution is -2.28. The maximum Gasteiger partial charge on any atom is 0.242 e. The van der Waals surface area contributed by atoms with Gasteiger partial charge in [-0.3, -0.25) is 4.79 Å². The first kappa shape index (κ1) is 21.1. The van der Waals surface area contributed by atoms with Crippen molar-refractivity contribution >= 4 is 21.6 Å². The van der Waals surface area contributed by atoms with E-state index in [1.807, 2.05) is 24.3 Å². The van der Waals surface area contributed by atoms with Crippen LogP contribution in [0.5, 0.6) is 0 Å². The number of amides is 1.